The van der Waals surface area contributed by atoms with Crippen LogP contribution in [0.3, 0.4) is 0 Å². The lowest BCUT2D eigenvalue weighted by Crippen LogP contribution is -2.43. The molecule has 0 unspecified atom stereocenters. The summed E-state index contributed by atoms with van der Waals surface area (Å²) in [7, 11) is 2.98. The summed E-state index contributed by atoms with van der Waals surface area (Å²) >= 11 is 0. The first-order valence-electron chi connectivity index (χ1n) is 13.3. The minimum absolute atomic E-state index is 0.158. The summed E-state index contributed by atoms with van der Waals surface area (Å²) in [6.45, 7) is 1.86. The van der Waals surface area contributed by atoms with E-state index >= 15 is 0 Å². The highest BCUT2D eigenvalue weighted by Crippen LogP contribution is 2.38. The Balaban J connectivity index is 1.36. The first-order chi connectivity index (χ1) is 20.6. The number of fused-ring (bicyclic) bond motifs is 2. The largest absolute Gasteiger partial charge is 0.493 e. The van der Waals surface area contributed by atoms with E-state index in [9.17, 15) is 9.59 Å². The van der Waals surface area contributed by atoms with Crippen molar-refractivity contribution in [2.24, 2.45) is 5.10 Å². The van der Waals surface area contributed by atoms with E-state index in [4.69, 9.17) is 28.3 Å². The Morgan fingerprint density at radius 3 is 2.45 bits per heavy atom. The Labute approximate surface area is 240 Å². The molecule has 214 valence electrons. The van der Waals surface area contributed by atoms with Crippen LogP contribution in [-0.4, -0.2) is 73.8 Å². The number of carbonyl (C=O) groups excluding carboxylic acids is 1. The van der Waals surface area contributed by atoms with E-state index in [1.54, 1.807) is 35.2 Å². The van der Waals surface area contributed by atoms with Gasteiger partial charge in [0.25, 0.3) is 11.5 Å². The smallest absolute Gasteiger partial charge is 0.282 e. The highest BCUT2D eigenvalue weighted by Gasteiger charge is 2.21. The van der Waals surface area contributed by atoms with Crippen LogP contribution in [0.15, 0.2) is 81.0 Å². The van der Waals surface area contributed by atoms with Crippen LogP contribution in [0.5, 0.6) is 17.2 Å². The molecule has 5 aromatic rings. The van der Waals surface area contributed by atoms with E-state index in [-0.39, 0.29) is 29.6 Å². The minimum Gasteiger partial charge on any atom is -0.493 e. The molecule has 1 aliphatic heterocycles. The second kappa shape index (κ2) is 11.8. The van der Waals surface area contributed by atoms with Crippen LogP contribution in [0.1, 0.15) is 5.56 Å². The number of furan rings is 1. The van der Waals surface area contributed by atoms with Crippen molar-refractivity contribution in [3.05, 3.63) is 82.6 Å². The number of methoxy groups -OCH3 is 2. The molecule has 2 aromatic heterocycles. The van der Waals surface area contributed by atoms with E-state index in [2.05, 4.69) is 5.10 Å². The molecule has 1 amide bonds. The molecule has 6 rings (SSSR count). The van der Waals surface area contributed by atoms with Crippen LogP contribution in [0.2, 0.25) is 0 Å². The second-order valence-electron chi connectivity index (χ2n) is 9.50. The number of benzene rings is 3. The summed E-state index contributed by atoms with van der Waals surface area (Å²) in [4.78, 5) is 32.6. The molecule has 3 heterocycles. The first-order valence-corrected chi connectivity index (χ1v) is 13.3. The summed E-state index contributed by atoms with van der Waals surface area (Å²) in [6.07, 6.45) is 1.50. The van der Waals surface area contributed by atoms with E-state index < -0.39 is 0 Å². The molecule has 1 aliphatic rings. The number of para-hydroxylation sites is 2. The van der Waals surface area contributed by atoms with E-state index in [1.807, 2.05) is 36.4 Å². The summed E-state index contributed by atoms with van der Waals surface area (Å²) < 4.78 is 29.5. The van der Waals surface area contributed by atoms with Gasteiger partial charge in [-0.05, 0) is 36.4 Å². The van der Waals surface area contributed by atoms with Crippen molar-refractivity contribution in [2.75, 3.05) is 47.1 Å². The molecule has 0 radical (unpaired) electrons. The van der Waals surface area contributed by atoms with Gasteiger partial charge in [-0.15, -0.1) is 0 Å². The first kappa shape index (κ1) is 27.0. The lowest BCUT2D eigenvalue weighted by Gasteiger charge is -2.27. The highest BCUT2D eigenvalue weighted by atomic mass is 16.5. The standard InChI is InChI=1S/C31H28N4O7/c1-38-25-15-20(16-26(39-2)29(25)41-19-28(36)34-11-13-40-14-12-34)18-32-35-30(27-17-21-7-3-6-10-24(21)42-27)33-23-9-5-4-8-22(23)31(35)37/h3-10,15-18H,11-14,19H2,1-2H3. The SMILES string of the molecule is COc1cc(C=Nn2c(-c3cc4ccccc4o3)nc3ccccc3c2=O)cc(OC)c1OCC(=O)N1CCOCC1. The van der Waals surface area contributed by atoms with Crippen LogP contribution in [-0.2, 0) is 9.53 Å². The van der Waals surface area contributed by atoms with Crippen molar-refractivity contribution in [3.8, 4) is 28.8 Å². The van der Waals surface area contributed by atoms with Gasteiger partial charge in [0.15, 0.2) is 23.9 Å². The molecule has 11 nitrogen and oxygen atoms in total. The Bertz CT molecular complexity index is 1800. The van der Waals surface area contributed by atoms with Crippen molar-refractivity contribution in [1.29, 1.82) is 0 Å². The average molecular weight is 569 g/mol. The number of nitrogens with zero attached hydrogens (tertiary/aromatic N) is 4. The predicted molar refractivity (Wildman–Crippen MR) is 157 cm³/mol. The van der Waals surface area contributed by atoms with Crippen molar-refractivity contribution in [3.63, 3.8) is 0 Å². The Morgan fingerprint density at radius 2 is 1.71 bits per heavy atom. The third-order valence-electron chi connectivity index (χ3n) is 6.91. The Kier molecular flexibility index (Phi) is 7.56. The van der Waals surface area contributed by atoms with Crippen LogP contribution in [0.4, 0.5) is 0 Å². The molecule has 1 saturated heterocycles. The van der Waals surface area contributed by atoms with Gasteiger partial charge >= 0.3 is 0 Å². The Hall–Kier alpha value is -5.16. The average Bonchev–Trinajstić information content (AvgIpc) is 3.47. The van der Waals surface area contributed by atoms with Crippen LogP contribution < -0.4 is 19.8 Å². The number of rotatable bonds is 8. The molecule has 0 bridgehead atoms. The minimum atomic E-state index is -0.354. The number of amides is 1. The summed E-state index contributed by atoms with van der Waals surface area (Å²) in [5.74, 6) is 1.46. The lowest BCUT2D eigenvalue weighted by atomic mass is 10.2. The van der Waals surface area contributed by atoms with Gasteiger partial charge in [0.05, 0.1) is 44.6 Å². The number of morpholine rings is 1. The maximum atomic E-state index is 13.6. The van der Waals surface area contributed by atoms with Gasteiger partial charge in [-0.2, -0.15) is 9.78 Å². The molecule has 42 heavy (non-hydrogen) atoms. The van der Waals surface area contributed by atoms with Gasteiger partial charge in [0.2, 0.25) is 11.6 Å². The maximum absolute atomic E-state index is 13.6. The van der Waals surface area contributed by atoms with Gasteiger partial charge in [0.1, 0.15) is 5.58 Å². The zero-order valence-electron chi connectivity index (χ0n) is 23.1. The number of aromatic nitrogens is 2. The molecular formula is C31H28N4O7. The maximum Gasteiger partial charge on any atom is 0.282 e. The summed E-state index contributed by atoms with van der Waals surface area (Å²) in [5, 5.41) is 5.81. The molecule has 1 fully saturated rings. The van der Waals surface area contributed by atoms with Gasteiger partial charge in [0, 0.05) is 24.0 Å². The van der Waals surface area contributed by atoms with E-state index in [0.717, 1.165) is 5.39 Å². The highest BCUT2D eigenvalue weighted by molar-refractivity contribution is 5.85. The van der Waals surface area contributed by atoms with Crippen molar-refractivity contribution >= 4 is 34.0 Å². The lowest BCUT2D eigenvalue weighted by molar-refractivity contribution is -0.137. The number of hydrogen-bond donors (Lipinski definition) is 0. The van der Waals surface area contributed by atoms with Crippen LogP contribution in [0, 0.1) is 0 Å². The third-order valence-corrected chi connectivity index (χ3v) is 6.91. The van der Waals surface area contributed by atoms with E-state index in [1.165, 1.54) is 25.1 Å². The molecule has 3 aromatic carbocycles. The number of ether oxygens (including phenoxy) is 4. The van der Waals surface area contributed by atoms with Gasteiger partial charge in [-0.25, -0.2) is 4.98 Å². The zero-order valence-corrected chi connectivity index (χ0v) is 23.1. The fourth-order valence-corrected chi connectivity index (χ4v) is 4.76. The monoisotopic (exact) mass is 568 g/mol. The van der Waals surface area contributed by atoms with Gasteiger partial charge < -0.3 is 28.3 Å². The van der Waals surface area contributed by atoms with Gasteiger partial charge in [-0.1, -0.05) is 30.3 Å². The van der Waals surface area contributed by atoms with E-state index in [0.29, 0.717) is 65.6 Å². The quantitative estimate of drug-likeness (QED) is 0.258. The fraction of sp³-hybridized carbons (Fsp3) is 0.226. The normalized spacial score (nSPS) is 13.6. The van der Waals surface area contributed by atoms with Crippen molar-refractivity contribution < 1.29 is 28.2 Å². The molecule has 0 N–H and O–H groups in total. The zero-order chi connectivity index (χ0) is 29.1. The summed E-state index contributed by atoms with van der Waals surface area (Å²) in [6, 6.07) is 19.8. The molecule has 0 aliphatic carbocycles. The third kappa shape index (κ3) is 5.29. The number of carbonyl (C=O) groups is 1. The second-order valence-corrected chi connectivity index (χ2v) is 9.50. The van der Waals surface area contributed by atoms with Crippen LogP contribution >= 0.6 is 0 Å². The molecule has 0 atom stereocenters. The molecular weight excluding hydrogens is 540 g/mol. The summed E-state index contributed by atoms with van der Waals surface area (Å²) in [5.41, 5.74) is 1.41. The fourth-order valence-electron chi connectivity index (χ4n) is 4.76. The topological polar surface area (TPSA) is 118 Å². The van der Waals surface area contributed by atoms with Crippen molar-refractivity contribution in [2.45, 2.75) is 0 Å². The predicted octanol–water partition coefficient (Wildman–Crippen LogP) is 3.95. The van der Waals surface area contributed by atoms with Crippen LogP contribution in [0.25, 0.3) is 33.5 Å². The van der Waals surface area contributed by atoms with Gasteiger partial charge in [-0.3, -0.25) is 9.59 Å². The number of hydrogen-bond acceptors (Lipinski definition) is 9. The molecule has 0 saturated carbocycles. The molecule has 0 spiro atoms. The van der Waals surface area contributed by atoms with Crippen molar-refractivity contribution in [1.82, 2.24) is 14.6 Å². The Morgan fingerprint density at radius 1 is 1.00 bits per heavy atom. The molecule has 11 heteroatoms.